The topological polar surface area (TPSA) is 55.0 Å². The first-order valence-corrected chi connectivity index (χ1v) is 5.54. The Morgan fingerprint density at radius 2 is 2.06 bits per heavy atom. The van der Waals surface area contributed by atoms with Gasteiger partial charge in [0.05, 0.1) is 4.99 Å². The Morgan fingerprint density at radius 1 is 1.44 bits per heavy atom. The third kappa shape index (κ3) is 3.80. The van der Waals surface area contributed by atoms with E-state index in [1.165, 1.54) is 6.07 Å². The summed E-state index contributed by atoms with van der Waals surface area (Å²) in [6.45, 7) is 1.85. The normalized spacial score (nSPS) is 13.2. The van der Waals surface area contributed by atoms with Gasteiger partial charge < -0.3 is 10.6 Å². The Morgan fingerprint density at radius 3 is 2.44 bits per heavy atom. The number of halogens is 3. The van der Waals surface area contributed by atoms with E-state index in [2.05, 4.69) is 10.2 Å². The first-order valence-electron chi connectivity index (χ1n) is 5.14. The predicted octanol–water partition coefficient (Wildman–Crippen LogP) is 2.00. The van der Waals surface area contributed by atoms with Crippen molar-refractivity contribution in [3.63, 3.8) is 0 Å². The molecule has 0 saturated heterocycles. The fraction of sp³-hybridized carbons (Fsp3) is 0.500. The van der Waals surface area contributed by atoms with Crippen LogP contribution in [0.3, 0.4) is 0 Å². The average molecular weight is 278 g/mol. The molecule has 0 amide bonds. The second-order valence-corrected chi connectivity index (χ2v) is 4.43. The van der Waals surface area contributed by atoms with Gasteiger partial charge in [0.2, 0.25) is 0 Å². The van der Waals surface area contributed by atoms with E-state index in [4.69, 9.17) is 18.0 Å². The SMILES string of the molecule is CC(CC(N)=S)N(C)c1ccc(C(F)(F)F)nn1. The number of rotatable bonds is 4. The molecule has 8 heteroatoms. The van der Waals surface area contributed by atoms with Crippen LogP contribution in [0, 0.1) is 0 Å². The van der Waals surface area contributed by atoms with E-state index in [9.17, 15) is 13.2 Å². The summed E-state index contributed by atoms with van der Waals surface area (Å²) in [5, 5.41) is 6.70. The molecule has 1 unspecified atom stereocenters. The van der Waals surface area contributed by atoms with Crippen molar-refractivity contribution >= 4 is 23.0 Å². The summed E-state index contributed by atoms with van der Waals surface area (Å²) in [6, 6.07) is 2.10. The van der Waals surface area contributed by atoms with Crippen LogP contribution in [0.2, 0.25) is 0 Å². The summed E-state index contributed by atoms with van der Waals surface area (Å²) < 4.78 is 36.9. The first kappa shape index (κ1) is 14.6. The summed E-state index contributed by atoms with van der Waals surface area (Å²) in [5.41, 5.74) is 4.40. The molecule has 18 heavy (non-hydrogen) atoms. The molecule has 0 fully saturated rings. The molecule has 2 N–H and O–H groups in total. The van der Waals surface area contributed by atoms with Crippen molar-refractivity contribution in [1.29, 1.82) is 0 Å². The molecule has 4 nitrogen and oxygen atoms in total. The highest BCUT2D eigenvalue weighted by Crippen LogP contribution is 2.27. The maximum atomic E-state index is 12.3. The molecule has 1 rings (SSSR count). The van der Waals surface area contributed by atoms with Gasteiger partial charge in [-0.2, -0.15) is 13.2 Å². The summed E-state index contributed by atoms with van der Waals surface area (Å²) >= 11 is 4.78. The molecule has 0 aliphatic heterocycles. The Labute approximate surface area is 108 Å². The van der Waals surface area contributed by atoms with Gasteiger partial charge in [-0.3, -0.25) is 0 Å². The molecule has 1 aromatic heterocycles. The summed E-state index contributed by atoms with van der Waals surface area (Å²) in [7, 11) is 1.69. The fourth-order valence-corrected chi connectivity index (χ4v) is 1.56. The number of alkyl halides is 3. The van der Waals surface area contributed by atoms with Crippen molar-refractivity contribution in [2.75, 3.05) is 11.9 Å². The van der Waals surface area contributed by atoms with Crippen LogP contribution in [-0.2, 0) is 6.18 Å². The van der Waals surface area contributed by atoms with E-state index in [0.717, 1.165) is 6.07 Å². The standard InChI is InChI=1S/C10H13F3N4S/c1-6(5-8(14)18)17(2)9-4-3-7(15-16-9)10(11,12)13/h3-4,6H,5H2,1-2H3,(H2,14,18). The monoisotopic (exact) mass is 278 g/mol. The van der Waals surface area contributed by atoms with Crippen LogP contribution < -0.4 is 10.6 Å². The van der Waals surface area contributed by atoms with E-state index < -0.39 is 11.9 Å². The van der Waals surface area contributed by atoms with Crippen LogP contribution in [-0.4, -0.2) is 28.3 Å². The van der Waals surface area contributed by atoms with Crippen LogP contribution >= 0.6 is 12.2 Å². The smallest absolute Gasteiger partial charge is 0.393 e. The van der Waals surface area contributed by atoms with Crippen LogP contribution in [0.1, 0.15) is 19.0 Å². The Bertz CT molecular complexity index is 418. The van der Waals surface area contributed by atoms with E-state index in [1.807, 2.05) is 6.92 Å². The fourth-order valence-electron chi connectivity index (χ4n) is 1.32. The highest BCUT2D eigenvalue weighted by Gasteiger charge is 2.33. The van der Waals surface area contributed by atoms with E-state index in [1.54, 1.807) is 11.9 Å². The number of thiocarbonyl (C=S) groups is 1. The lowest BCUT2D eigenvalue weighted by molar-refractivity contribution is -0.141. The molecule has 0 aromatic carbocycles. The number of aromatic nitrogens is 2. The zero-order chi connectivity index (χ0) is 13.9. The Balaban J connectivity index is 2.82. The number of hydrogen-bond acceptors (Lipinski definition) is 4. The molecular formula is C10H13F3N4S. The van der Waals surface area contributed by atoms with Gasteiger partial charge in [-0.1, -0.05) is 12.2 Å². The van der Waals surface area contributed by atoms with Gasteiger partial charge >= 0.3 is 6.18 Å². The molecule has 1 atom stereocenters. The van der Waals surface area contributed by atoms with E-state index in [-0.39, 0.29) is 6.04 Å². The van der Waals surface area contributed by atoms with Crippen molar-refractivity contribution in [2.24, 2.45) is 5.73 Å². The quantitative estimate of drug-likeness (QED) is 0.854. The van der Waals surface area contributed by atoms with Gasteiger partial charge in [-0.15, -0.1) is 10.2 Å². The van der Waals surface area contributed by atoms with E-state index in [0.29, 0.717) is 17.2 Å². The Kier molecular flexibility index (Phi) is 4.44. The Hall–Kier alpha value is -1.44. The van der Waals surface area contributed by atoms with Crippen molar-refractivity contribution in [1.82, 2.24) is 10.2 Å². The van der Waals surface area contributed by atoms with Gasteiger partial charge in [0.1, 0.15) is 0 Å². The molecule has 0 saturated carbocycles. The molecular weight excluding hydrogens is 265 g/mol. The molecule has 0 spiro atoms. The molecule has 0 bridgehead atoms. The second-order valence-electron chi connectivity index (χ2n) is 3.90. The lowest BCUT2D eigenvalue weighted by atomic mass is 10.2. The largest absolute Gasteiger partial charge is 0.435 e. The number of nitrogens with two attached hydrogens (primary N) is 1. The number of hydrogen-bond donors (Lipinski definition) is 1. The minimum atomic E-state index is -4.48. The highest BCUT2D eigenvalue weighted by molar-refractivity contribution is 7.80. The predicted molar refractivity (Wildman–Crippen MR) is 66.3 cm³/mol. The van der Waals surface area contributed by atoms with Crippen LogP contribution in [0.15, 0.2) is 12.1 Å². The molecule has 1 aromatic rings. The van der Waals surface area contributed by atoms with Gasteiger partial charge in [0, 0.05) is 19.5 Å². The highest BCUT2D eigenvalue weighted by atomic mass is 32.1. The lowest BCUT2D eigenvalue weighted by Crippen LogP contribution is -2.33. The zero-order valence-corrected chi connectivity index (χ0v) is 10.7. The molecule has 0 aliphatic rings. The maximum Gasteiger partial charge on any atom is 0.435 e. The minimum Gasteiger partial charge on any atom is -0.393 e. The summed E-state index contributed by atoms with van der Waals surface area (Å²) in [5.74, 6) is 0.340. The van der Waals surface area contributed by atoms with Crippen molar-refractivity contribution in [2.45, 2.75) is 25.6 Å². The van der Waals surface area contributed by atoms with Crippen LogP contribution in [0.4, 0.5) is 19.0 Å². The number of nitrogens with zero attached hydrogens (tertiary/aromatic N) is 3. The molecule has 1 heterocycles. The van der Waals surface area contributed by atoms with Crippen molar-refractivity contribution in [3.8, 4) is 0 Å². The first-order chi connectivity index (χ1) is 8.21. The van der Waals surface area contributed by atoms with Gasteiger partial charge in [0.25, 0.3) is 0 Å². The van der Waals surface area contributed by atoms with Gasteiger partial charge in [-0.25, -0.2) is 0 Å². The van der Waals surface area contributed by atoms with E-state index >= 15 is 0 Å². The van der Waals surface area contributed by atoms with Gasteiger partial charge in [0.15, 0.2) is 11.5 Å². The zero-order valence-electron chi connectivity index (χ0n) is 9.90. The van der Waals surface area contributed by atoms with Crippen LogP contribution in [0.25, 0.3) is 0 Å². The second kappa shape index (κ2) is 5.47. The molecule has 0 radical (unpaired) electrons. The molecule has 100 valence electrons. The average Bonchev–Trinajstić information content (AvgIpc) is 2.26. The van der Waals surface area contributed by atoms with Crippen LogP contribution in [0.5, 0.6) is 0 Å². The van der Waals surface area contributed by atoms with Crippen molar-refractivity contribution < 1.29 is 13.2 Å². The molecule has 0 aliphatic carbocycles. The van der Waals surface area contributed by atoms with Gasteiger partial charge in [-0.05, 0) is 19.1 Å². The minimum absolute atomic E-state index is 0.0615. The third-order valence-electron chi connectivity index (χ3n) is 2.46. The summed E-state index contributed by atoms with van der Waals surface area (Å²) in [6.07, 6.45) is -4.02. The van der Waals surface area contributed by atoms with Crippen molar-refractivity contribution in [3.05, 3.63) is 17.8 Å². The lowest BCUT2D eigenvalue weighted by Gasteiger charge is -2.25. The maximum absolute atomic E-state index is 12.3. The third-order valence-corrected chi connectivity index (χ3v) is 2.63. The number of anilines is 1. The summed E-state index contributed by atoms with van der Waals surface area (Å²) in [4.78, 5) is 2.01.